The van der Waals surface area contributed by atoms with Crippen molar-refractivity contribution in [2.24, 2.45) is 11.7 Å². The molecule has 1 unspecified atom stereocenters. The van der Waals surface area contributed by atoms with Gasteiger partial charge < -0.3 is 15.4 Å². The highest BCUT2D eigenvalue weighted by atomic mass is 16.5. The van der Waals surface area contributed by atoms with Gasteiger partial charge in [-0.1, -0.05) is 0 Å². The van der Waals surface area contributed by atoms with Crippen molar-refractivity contribution >= 4 is 11.8 Å². The molecule has 0 spiro atoms. The van der Waals surface area contributed by atoms with Crippen molar-refractivity contribution in [1.82, 2.24) is 9.80 Å². The Morgan fingerprint density at radius 3 is 2.61 bits per heavy atom. The first-order valence-electron chi connectivity index (χ1n) is 6.54. The van der Waals surface area contributed by atoms with Gasteiger partial charge in [0.15, 0.2) is 0 Å². The zero-order chi connectivity index (χ0) is 13.0. The number of amides is 2. The first-order valence-corrected chi connectivity index (χ1v) is 6.54. The minimum atomic E-state index is -0.325. The molecule has 0 aromatic rings. The van der Waals surface area contributed by atoms with E-state index in [0.29, 0.717) is 32.8 Å². The number of carbonyl (C=O) groups excluding carboxylic acids is 2. The predicted octanol–water partition coefficient (Wildman–Crippen LogP) is -0.957. The summed E-state index contributed by atoms with van der Waals surface area (Å²) >= 11 is 0. The van der Waals surface area contributed by atoms with Crippen LogP contribution in [0.1, 0.15) is 12.8 Å². The average molecular weight is 255 g/mol. The van der Waals surface area contributed by atoms with E-state index in [-0.39, 0.29) is 24.3 Å². The maximum Gasteiger partial charge on any atom is 0.231 e. The van der Waals surface area contributed by atoms with Gasteiger partial charge in [-0.2, -0.15) is 0 Å². The van der Waals surface area contributed by atoms with Gasteiger partial charge in [-0.05, 0) is 19.4 Å². The second kappa shape index (κ2) is 6.15. The molecule has 2 N–H and O–H groups in total. The Morgan fingerprint density at radius 2 is 1.94 bits per heavy atom. The molecule has 0 radical (unpaired) electrons. The van der Waals surface area contributed by atoms with Crippen molar-refractivity contribution in [2.45, 2.75) is 12.8 Å². The molecular weight excluding hydrogens is 234 g/mol. The van der Waals surface area contributed by atoms with Crippen LogP contribution in [-0.2, 0) is 14.3 Å². The summed E-state index contributed by atoms with van der Waals surface area (Å²) in [6.45, 7) is 4.39. The highest BCUT2D eigenvalue weighted by molar-refractivity contribution is 5.79. The van der Waals surface area contributed by atoms with E-state index in [0.717, 1.165) is 19.4 Å². The van der Waals surface area contributed by atoms with E-state index in [1.807, 2.05) is 9.80 Å². The fourth-order valence-corrected chi connectivity index (χ4v) is 2.66. The van der Waals surface area contributed by atoms with Crippen LogP contribution in [0, 0.1) is 5.92 Å². The molecular formula is C12H21N3O3. The minimum Gasteiger partial charge on any atom is -0.378 e. The Morgan fingerprint density at radius 1 is 1.22 bits per heavy atom. The van der Waals surface area contributed by atoms with Crippen molar-refractivity contribution in [3.8, 4) is 0 Å². The molecule has 18 heavy (non-hydrogen) atoms. The van der Waals surface area contributed by atoms with Crippen molar-refractivity contribution in [1.29, 1.82) is 0 Å². The average Bonchev–Trinajstić information content (AvgIpc) is 2.38. The van der Waals surface area contributed by atoms with Crippen molar-refractivity contribution < 1.29 is 14.3 Å². The zero-order valence-corrected chi connectivity index (χ0v) is 10.6. The Balaban J connectivity index is 1.87. The highest BCUT2D eigenvalue weighted by Crippen LogP contribution is 2.19. The molecule has 2 heterocycles. The smallest absolute Gasteiger partial charge is 0.231 e. The number of nitrogens with zero attached hydrogens (tertiary/aromatic N) is 2. The summed E-state index contributed by atoms with van der Waals surface area (Å²) in [5.41, 5.74) is 5.20. The number of morpholine rings is 1. The third-order valence-electron chi connectivity index (χ3n) is 3.56. The van der Waals surface area contributed by atoms with Crippen molar-refractivity contribution in [2.75, 3.05) is 45.9 Å². The Hall–Kier alpha value is -1.14. The molecule has 102 valence electrons. The molecule has 1 atom stereocenters. The van der Waals surface area contributed by atoms with E-state index >= 15 is 0 Å². The maximum atomic E-state index is 12.3. The van der Waals surface area contributed by atoms with E-state index in [2.05, 4.69) is 0 Å². The number of carbonyl (C=O) groups is 2. The third-order valence-corrected chi connectivity index (χ3v) is 3.56. The molecule has 6 heteroatoms. The van der Waals surface area contributed by atoms with Gasteiger partial charge in [-0.15, -0.1) is 0 Å². The number of piperidine rings is 1. The van der Waals surface area contributed by atoms with Gasteiger partial charge in [0.2, 0.25) is 11.8 Å². The fourth-order valence-electron chi connectivity index (χ4n) is 2.66. The molecule has 2 amide bonds. The van der Waals surface area contributed by atoms with Gasteiger partial charge >= 0.3 is 0 Å². The second-order valence-corrected chi connectivity index (χ2v) is 4.98. The molecule has 0 aromatic heterocycles. The Labute approximate surface area is 107 Å². The summed E-state index contributed by atoms with van der Waals surface area (Å²) in [7, 11) is 0. The second-order valence-electron chi connectivity index (χ2n) is 4.98. The number of nitrogens with two attached hydrogens (primary N) is 1. The van der Waals surface area contributed by atoms with Crippen LogP contribution in [-0.4, -0.2) is 67.6 Å². The maximum absolute atomic E-state index is 12.3. The monoisotopic (exact) mass is 255 g/mol. The number of likely N-dealkylation sites (tertiary alicyclic amines) is 1. The van der Waals surface area contributed by atoms with Gasteiger partial charge in [0.05, 0.1) is 25.7 Å². The summed E-state index contributed by atoms with van der Waals surface area (Å²) < 4.78 is 5.25. The van der Waals surface area contributed by atoms with E-state index in [9.17, 15) is 9.59 Å². The van der Waals surface area contributed by atoms with Gasteiger partial charge in [0.1, 0.15) is 0 Å². The summed E-state index contributed by atoms with van der Waals surface area (Å²) in [4.78, 5) is 27.1. The van der Waals surface area contributed by atoms with Crippen molar-refractivity contribution in [3.05, 3.63) is 0 Å². The first-order chi connectivity index (χ1) is 8.66. The zero-order valence-electron chi connectivity index (χ0n) is 10.6. The van der Waals surface area contributed by atoms with E-state index in [1.54, 1.807) is 0 Å². The molecule has 6 nitrogen and oxygen atoms in total. The summed E-state index contributed by atoms with van der Waals surface area (Å²) in [6.07, 6.45) is 1.86. The first kappa shape index (κ1) is 13.3. The number of hydrogen-bond acceptors (Lipinski definition) is 4. The van der Waals surface area contributed by atoms with Gasteiger partial charge in [0.25, 0.3) is 0 Å². The molecule has 0 aromatic carbocycles. The number of rotatable bonds is 3. The lowest BCUT2D eigenvalue weighted by atomic mass is 9.96. The lowest BCUT2D eigenvalue weighted by Gasteiger charge is -2.35. The lowest BCUT2D eigenvalue weighted by Crippen LogP contribution is -2.49. The minimum absolute atomic E-state index is 0.0104. The Bertz CT molecular complexity index is 316. The van der Waals surface area contributed by atoms with Crippen molar-refractivity contribution in [3.63, 3.8) is 0 Å². The Kier molecular flexibility index (Phi) is 4.54. The van der Waals surface area contributed by atoms with E-state index in [1.165, 1.54) is 0 Å². The lowest BCUT2D eigenvalue weighted by molar-refractivity contribution is -0.142. The predicted molar refractivity (Wildman–Crippen MR) is 65.8 cm³/mol. The highest BCUT2D eigenvalue weighted by Gasteiger charge is 2.30. The summed E-state index contributed by atoms with van der Waals surface area (Å²) in [6, 6.07) is 0. The summed E-state index contributed by atoms with van der Waals surface area (Å²) in [5.74, 6) is -0.113. The van der Waals surface area contributed by atoms with Crippen LogP contribution in [0.15, 0.2) is 0 Å². The van der Waals surface area contributed by atoms with Crippen LogP contribution in [0.2, 0.25) is 0 Å². The van der Waals surface area contributed by atoms with Crippen LogP contribution in [0.3, 0.4) is 0 Å². The number of primary amides is 1. The van der Waals surface area contributed by atoms with Crippen LogP contribution in [0.4, 0.5) is 0 Å². The molecule has 0 saturated carbocycles. The largest absolute Gasteiger partial charge is 0.378 e. The van der Waals surface area contributed by atoms with E-state index in [4.69, 9.17) is 10.5 Å². The fraction of sp³-hybridized carbons (Fsp3) is 0.833. The molecule has 2 aliphatic rings. The van der Waals surface area contributed by atoms with Gasteiger partial charge in [-0.3, -0.25) is 14.5 Å². The SMILES string of the molecule is NC(=O)CN1CCCC(C(=O)N2CCOCC2)C1. The molecule has 0 bridgehead atoms. The normalized spacial score (nSPS) is 26.0. The van der Waals surface area contributed by atoms with Crippen LogP contribution in [0.5, 0.6) is 0 Å². The topological polar surface area (TPSA) is 75.9 Å². The van der Waals surface area contributed by atoms with Crippen LogP contribution >= 0.6 is 0 Å². The molecule has 2 aliphatic heterocycles. The number of ether oxygens (including phenoxy) is 1. The van der Waals surface area contributed by atoms with E-state index < -0.39 is 0 Å². The molecule has 2 saturated heterocycles. The number of hydrogen-bond donors (Lipinski definition) is 1. The van der Waals surface area contributed by atoms with Crippen LogP contribution < -0.4 is 5.73 Å². The quantitative estimate of drug-likeness (QED) is 0.705. The standard InChI is InChI=1S/C12H21N3O3/c13-11(16)9-14-3-1-2-10(8-14)12(17)15-4-6-18-7-5-15/h10H,1-9H2,(H2,13,16). The van der Waals surface area contributed by atoms with Gasteiger partial charge in [0, 0.05) is 19.6 Å². The third kappa shape index (κ3) is 3.43. The van der Waals surface area contributed by atoms with Crippen LogP contribution in [0.25, 0.3) is 0 Å². The molecule has 2 rings (SSSR count). The van der Waals surface area contributed by atoms with Gasteiger partial charge in [-0.25, -0.2) is 0 Å². The molecule has 0 aliphatic carbocycles. The summed E-state index contributed by atoms with van der Waals surface area (Å²) in [5, 5.41) is 0. The molecule has 2 fully saturated rings.